The van der Waals surface area contributed by atoms with Crippen molar-refractivity contribution < 1.29 is 13.9 Å². The summed E-state index contributed by atoms with van der Waals surface area (Å²) in [5.41, 5.74) is 2.90. The van der Waals surface area contributed by atoms with Gasteiger partial charge in [0.05, 0.1) is 24.1 Å². The van der Waals surface area contributed by atoms with Crippen molar-refractivity contribution in [1.29, 1.82) is 0 Å². The van der Waals surface area contributed by atoms with E-state index in [0.29, 0.717) is 23.5 Å². The molecule has 1 aliphatic rings. The van der Waals surface area contributed by atoms with E-state index in [-0.39, 0.29) is 17.0 Å². The fraction of sp³-hybridized carbons (Fsp3) is 0.273. The number of carbonyl (C=O) groups is 1. The molecular formula is C22H22FN3O2. The van der Waals surface area contributed by atoms with Gasteiger partial charge in [-0.3, -0.25) is 4.79 Å². The van der Waals surface area contributed by atoms with Crippen LogP contribution in [0.1, 0.15) is 36.3 Å². The topological polar surface area (TPSA) is 56.1 Å². The minimum Gasteiger partial charge on any atom is -0.497 e. The van der Waals surface area contributed by atoms with Crippen LogP contribution < -0.4 is 10.1 Å². The summed E-state index contributed by atoms with van der Waals surface area (Å²) in [5, 5.41) is 7.89. The molecule has 0 atom stereocenters. The summed E-state index contributed by atoms with van der Waals surface area (Å²) < 4.78 is 20.3. The van der Waals surface area contributed by atoms with Gasteiger partial charge in [0.15, 0.2) is 11.6 Å². The molecule has 0 saturated carbocycles. The number of nitrogens with one attached hydrogen (secondary N) is 1. The Kier molecular flexibility index (Phi) is 4.41. The van der Waals surface area contributed by atoms with Crippen LogP contribution in [0.2, 0.25) is 0 Å². The SMILES string of the molecule is COc1ccc(-n2nc(Nc3ccc(F)cc3)c3c2CC(C)(C)CC3=O)cc1. The van der Waals surface area contributed by atoms with Crippen molar-refractivity contribution in [3.63, 3.8) is 0 Å². The number of Topliss-reactive ketones (excluding diaryl/α,β-unsaturated/α-hetero) is 1. The largest absolute Gasteiger partial charge is 0.497 e. The number of methoxy groups -OCH3 is 1. The molecule has 6 heteroatoms. The maximum absolute atomic E-state index is 13.2. The van der Waals surface area contributed by atoms with Crippen molar-refractivity contribution in [3.8, 4) is 11.4 Å². The molecule has 1 N–H and O–H groups in total. The molecule has 0 aliphatic heterocycles. The predicted molar refractivity (Wildman–Crippen MR) is 106 cm³/mol. The van der Waals surface area contributed by atoms with Gasteiger partial charge in [0.1, 0.15) is 11.6 Å². The van der Waals surface area contributed by atoms with Crippen LogP contribution in [-0.4, -0.2) is 22.7 Å². The molecule has 2 aromatic carbocycles. The van der Waals surface area contributed by atoms with E-state index in [1.807, 2.05) is 28.9 Å². The monoisotopic (exact) mass is 379 g/mol. The Balaban J connectivity index is 1.81. The number of ketones is 1. The van der Waals surface area contributed by atoms with Crippen molar-refractivity contribution >= 4 is 17.3 Å². The number of halogens is 1. The second-order valence-electron chi connectivity index (χ2n) is 7.85. The van der Waals surface area contributed by atoms with Gasteiger partial charge >= 0.3 is 0 Å². The zero-order chi connectivity index (χ0) is 19.9. The molecule has 0 radical (unpaired) electrons. The van der Waals surface area contributed by atoms with Gasteiger partial charge in [0, 0.05) is 12.1 Å². The smallest absolute Gasteiger partial charge is 0.169 e. The number of rotatable bonds is 4. The first kappa shape index (κ1) is 18.2. The van der Waals surface area contributed by atoms with Gasteiger partial charge in [-0.25, -0.2) is 9.07 Å². The van der Waals surface area contributed by atoms with Crippen LogP contribution >= 0.6 is 0 Å². The van der Waals surface area contributed by atoms with Gasteiger partial charge in [0.25, 0.3) is 0 Å². The molecule has 0 amide bonds. The minimum absolute atomic E-state index is 0.0654. The van der Waals surface area contributed by atoms with Gasteiger partial charge in [-0.05, 0) is 60.4 Å². The van der Waals surface area contributed by atoms with Crippen molar-refractivity contribution in [1.82, 2.24) is 9.78 Å². The van der Waals surface area contributed by atoms with E-state index in [1.54, 1.807) is 19.2 Å². The summed E-state index contributed by atoms with van der Waals surface area (Å²) >= 11 is 0. The molecule has 0 bridgehead atoms. The molecule has 4 rings (SSSR count). The first-order chi connectivity index (χ1) is 13.4. The van der Waals surface area contributed by atoms with E-state index in [0.717, 1.165) is 23.6 Å². The van der Waals surface area contributed by atoms with Crippen LogP contribution in [0.25, 0.3) is 5.69 Å². The maximum Gasteiger partial charge on any atom is 0.169 e. The van der Waals surface area contributed by atoms with E-state index >= 15 is 0 Å². The Bertz CT molecular complexity index is 1020. The molecule has 1 aromatic heterocycles. The zero-order valence-corrected chi connectivity index (χ0v) is 16.1. The van der Waals surface area contributed by atoms with Crippen LogP contribution in [0.3, 0.4) is 0 Å². The molecular weight excluding hydrogens is 357 g/mol. The van der Waals surface area contributed by atoms with Crippen molar-refractivity contribution in [3.05, 3.63) is 65.6 Å². The lowest BCUT2D eigenvalue weighted by Gasteiger charge is -2.29. The highest BCUT2D eigenvalue weighted by molar-refractivity contribution is 6.03. The quantitative estimate of drug-likeness (QED) is 0.699. The second kappa shape index (κ2) is 6.78. The number of carbonyl (C=O) groups excluding carboxylic acids is 1. The zero-order valence-electron chi connectivity index (χ0n) is 16.1. The number of ether oxygens (including phenoxy) is 1. The van der Waals surface area contributed by atoms with Gasteiger partial charge < -0.3 is 10.1 Å². The van der Waals surface area contributed by atoms with E-state index in [9.17, 15) is 9.18 Å². The molecule has 3 aromatic rings. The lowest BCUT2D eigenvalue weighted by atomic mass is 9.76. The Hall–Kier alpha value is -3.15. The number of hydrogen-bond donors (Lipinski definition) is 1. The Morgan fingerprint density at radius 3 is 2.39 bits per heavy atom. The number of anilines is 2. The van der Waals surface area contributed by atoms with E-state index in [4.69, 9.17) is 9.84 Å². The maximum atomic E-state index is 13.2. The molecule has 0 fully saturated rings. The number of hydrogen-bond acceptors (Lipinski definition) is 4. The van der Waals surface area contributed by atoms with Gasteiger partial charge in [-0.1, -0.05) is 13.8 Å². The molecule has 1 aliphatic carbocycles. The van der Waals surface area contributed by atoms with E-state index in [1.165, 1.54) is 12.1 Å². The number of benzene rings is 2. The average Bonchev–Trinajstić information content (AvgIpc) is 3.00. The van der Waals surface area contributed by atoms with E-state index in [2.05, 4.69) is 19.2 Å². The first-order valence-electron chi connectivity index (χ1n) is 9.18. The molecule has 0 unspecified atom stereocenters. The third-order valence-electron chi connectivity index (χ3n) is 4.97. The lowest BCUT2D eigenvalue weighted by molar-refractivity contribution is 0.0912. The Morgan fingerprint density at radius 1 is 1.07 bits per heavy atom. The molecule has 0 saturated heterocycles. The summed E-state index contributed by atoms with van der Waals surface area (Å²) in [6, 6.07) is 13.6. The van der Waals surface area contributed by atoms with Crippen molar-refractivity contribution in [2.24, 2.45) is 5.41 Å². The highest BCUT2D eigenvalue weighted by Crippen LogP contribution is 2.39. The van der Waals surface area contributed by atoms with Crippen LogP contribution in [-0.2, 0) is 6.42 Å². The summed E-state index contributed by atoms with van der Waals surface area (Å²) in [6.07, 6.45) is 1.20. The van der Waals surface area contributed by atoms with Crippen molar-refractivity contribution in [2.75, 3.05) is 12.4 Å². The number of fused-ring (bicyclic) bond motifs is 1. The van der Waals surface area contributed by atoms with Gasteiger partial charge in [0.2, 0.25) is 0 Å². The average molecular weight is 379 g/mol. The van der Waals surface area contributed by atoms with Crippen LogP contribution in [0.5, 0.6) is 5.75 Å². The molecule has 0 spiro atoms. The Labute approximate surface area is 163 Å². The lowest BCUT2D eigenvalue weighted by Crippen LogP contribution is -2.28. The second-order valence-corrected chi connectivity index (χ2v) is 7.85. The van der Waals surface area contributed by atoms with E-state index < -0.39 is 0 Å². The number of nitrogens with zero attached hydrogens (tertiary/aromatic N) is 2. The fourth-order valence-corrected chi connectivity index (χ4v) is 3.64. The standard InChI is InChI=1S/C22H22FN3O2/c1-22(2)12-18-20(19(27)13-22)21(24-15-6-4-14(23)5-7-15)25-26(18)16-8-10-17(28-3)11-9-16/h4-11H,12-13H2,1-3H3,(H,24,25). The fourth-order valence-electron chi connectivity index (χ4n) is 3.64. The molecule has 28 heavy (non-hydrogen) atoms. The third-order valence-corrected chi connectivity index (χ3v) is 4.97. The first-order valence-corrected chi connectivity index (χ1v) is 9.18. The van der Waals surface area contributed by atoms with Crippen LogP contribution in [0, 0.1) is 11.2 Å². The van der Waals surface area contributed by atoms with Crippen LogP contribution in [0.4, 0.5) is 15.9 Å². The predicted octanol–water partition coefficient (Wildman–Crippen LogP) is 4.92. The van der Waals surface area contributed by atoms with Crippen molar-refractivity contribution in [2.45, 2.75) is 26.7 Å². The Morgan fingerprint density at radius 2 is 1.75 bits per heavy atom. The number of aromatic nitrogens is 2. The minimum atomic E-state index is -0.311. The third kappa shape index (κ3) is 3.38. The molecule has 5 nitrogen and oxygen atoms in total. The summed E-state index contributed by atoms with van der Waals surface area (Å²) in [4.78, 5) is 12.9. The van der Waals surface area contributed by atoms with Crippen LogP contribution in [0.15, 0.2) is 48.5 Å². The normalized spacial score (nSPS) is 15.2. The van der Waals surface area contributed by atoms with Gasteiger partial charge in [-0.15, -0.1) is 5.10 Å². The molecule has 144 valence electrons. The highest BCUT2D eigenvalue weighted by atomic mass is 19.1. The molecule has 1 heterocycles. The van der Waals surface area contributed by atoms with Gasteiger partial charge in [-0.2, -0.15) is 0 Å². The summed E-state index contributed by atoms with van der Waals surface area (Å²) in [7, 11) is 1.62. The summed E-state index contributed by atoms with van der Waals surface area (Å²) in [6.45, 7) is 4.18. The summed E-state index contributed by atoms with van der Waals surface area (Å²) in [5.74, 6) is 1.01. The highest BCUT2D eigenvalue weighted by Gasteiger charge is 2.36.